The highest BCUT2D eigenvalue weighted by Gasteiger charge is 2.66. The number of hydrogen-bond donors (Lipinski definition) is 2. The van der Waals surface area contributed by atoms with Crippen LogP contribution in [0.5, 0.6) is 23.0 Å². The Bertz CT molecular complexity index is 1510. The predicted octanol–water partition coefficient (Wildman–Crippen LogP) is 2.60. The van der Waals surface area contributed by atoms with Crippen molar-refractivity contribution >= 4 is 0 Å². The van der Waals surface area contributed by atoms with Crippen LogP contribution in [-0.4, -0.2) is 83.7 Å². The average molecular weight is 585 g/mol. The predicted molar refractivity (Wildman–Crippen MR) is 154 cm³/mol. The van der Waals surface area contributed by atoms with Gasteiger partial charge in [-0.1, -0.05) is 36.4 Å². The molecule has 2 spiro atoms. The van der Waals surface area contributed by atoms with Crippen LogP contribution in [0.4, 0.5) is 0 Å². The summed E-state index contributed by atoms with van der Waals surface area (Å²) in [5.74, 6) is 2.71. The smallest absolute Gasteiger partial charge is 0.211 e. The van der Waals surface area contributed by atoms with Crippen molar-refractivity contribution in [3.8, 4) is 23.0 Å². The summed E-state index contributed by atoms with van der Waals surface area (Å²) in [7, 11) is 4.39. The van der Waals surface area contributed by atoms with Gasteiger partial charge in [-0.2, -0.15) is 0 Å². The van der Waals surface area contributed by atoms with Gasteiger partial charge in [0.2, 0.25) is 11.5 Å². The van der Waals surface area contributed by atoms with Crippen LogP contribution in [0, 0.1) is 11.8 Å². The summed E-state index contributed by atoms with van der Waals surface area (Å²) in [4.78, 5) is 16.6. The molecule has 2 aromatic carbocycles. The second-order valence-electron chi connectivity index (χ2n) is 14.1. The zero-order valence-corrected chi connectivity index (χ0v) is 24.3. The van der Waals surface area contributed by atoms with Gasteiger partial charge in [0.15, 0.2) is 11.5 Å². The zero-order chi connectivity index (χ0) is 28.8. The zero-order valence-electron chi connectivity index (χ0n) is 24.3. The molecule has 224 valence electrons. The third kappa shape index (κ3) is 2.91. The van der Waals surface area contributed by atoms with Crippen LogP contribution in [0.3, 0.4) is 0 Å². The number of aliphatic hydroxyl groups is 2. The van der Waals surface area contributed by atoms with E-state index in [1.54, 1.807) is 0 Å². The second kappa shape index (κ2) is 8.34. The topological polar surface area (TPSA) is 93.1 Å². The Morgan fingerprint density at radius 2 is 1.16 bits per heavy atom. The van der Waals surface area contributed by atoms with Crippen LogP contribution >= 0.6 is 0 Å². The Morgan fingerprint density at radius 3 is 1.63 bits per heavy atom. The fraction of sp³-hybridized carbons (Fsp3) is 0.529. The van der Waals surface area contributed by atoms with Crippen LogP contribution in [0.2, 0.25) is 0 Å². The lowest BCUT2D eigenvalue weighted by Crippen LogP contribution is -2.64. The van der Waals surface area contributed by atoms with E-state index < -0.39 is 12.2 Å². The molecule has 8 aliphatic rings. The van der Waals surface area contributed by atoms with E-state index in [0.717, 1.165) is 49.9 Å². The van der Waals surface area contributed by atoms with Crippen LogP contribution in [-0.2, 0) is 28.7 Å². The molecule has 9 nitrogen and oxygen atoms in total. The lowest BCUT2D eigenvalue weighted by molar-refractivity contribution is -0.411. The third-order valence-corrected chi connectivity index (χ3v) is 12.5. The highest BCUT2D eigenvalue weighted by atomic mass is 17.5. The largest absolute Gasteiger partial charge is 0.482 e. The first-order valence-corrected chi connectivity index (χ1v) is 15.7. The molecule has 4 bridgehead atoms. The lowest BCUT2D eigenvalue weighted by Gasteiger charge is -2.56. The molecular formula is C34H36N2O7. The monoisotopic (exact) mass is 584 g/mol. The molecule has 4 aliphatic carbocycles. The molecule has 2 saturated heterocycles. The molecule has 43 heavy (non-hydrogen) atoms. The van der Waals surface area contributed by atoms with Gasteiger partial charge in [0, 0.05) is 50.9 Å². The summed E-state index contributed by atoms with van der Waals surface area (Å²) in [6.07, 6.45) is 9.80. The summed E-state index contributed by atoms with van der Waals surface area (Å²) in [5, 5.41) is 27.6. The van der Waals surface area contributed by atoms with E-state index in [1.165, 1.54) is 11.1 Å². The maximum absolute atomic E-state index is 11.0. The Labute approximate surface area is 250 Å². The van der Waals surface area contributed by atoms with Crippen LogP contribution < -0.4 is 19.2 Å². The molecule has 0 radical (unpaired) electrons. The Hall–Kier alpha value is -3.08. The van der Waals surface area contributed by atoms with Crippen molar-refractivity contribution < 1.29 is 34.5 Å². The fourth-order valence-electron chi connectivity index (χ4n) is 10.7. The second-order valence-corrected chi connectivity index (χ2v) is 14.1. The van der Waals surface area contributed by atoms with Gasteiger partial charge in [-0.3, -0.25) is 9.78 Å². The summed E-state index contributed by atoms with van der Waals surface area (Å²) < 4.78 is 13.1. The lowest BCUT2D eigenvalue weighted by atomic mass is 9.53. The number of piperidine rings is 2. The number of hydrogen-bond acceptors (Lipinski definition) is 9. The van der Waals surface area contributed by atoms with E-state index in [-0.39, 0.29) is 34.9 Å². The van der Waals surface area contributed by atoms with Gasteiger partial charge < -0.3 is 29.5 Å². The maximum Gasteiger partial charge on any atom is 0.211 e. The molecule has 0 amide bonds. The minimum atomic E-state index is -0.684. The number of likely N-dealkylation sites (N-methyl/N-ethyl adjacent to an activating group) is 2. The van der Waals surface area contributed by atoms with Crippen molar-refractivity contribution in [2.45, 2.75) is 73.0 Å². The molecule has 10 atom stereocenters. The highest BCUT2D eigenvalue weighted by Crippen LogP contribution is 2.64. The normalized spacial score (nSPS) is 42.1. The van der Waals surface area contributed by atoms with Gasteiger partial charge >= 0.3 is 0 Å². The summed E-state index contributed by atoms with van der Waals surface area (Å²) in [5.41, 5.74) is 4.24. The molecule has 0 saturated carbocycles. The average Bonchev–Trinajstić information content (AvgIpc) is 3.55. The molecule has 10 rings (SSSR count). The Balaban J connectivity index is 0.974. The SMILES string of the molecule is CN1CC[C@]23c4c5ccc(OOOc6ccc7c8c6O[C@H]6[C@@H](O)C=C[C@H]9[C@@H](C7)N(C)CC[C@@]896)c4O[C@H]2[C@@H](O)C=C[C@H]3[C@H]1C5. The highest BCUT2D eigenvalue weighted by molar-refractivity contribution is 5.63. The van der Waals surface area contributed by atoms with Gasteiger partial charge in [-0.25, -0.2) is 0 Å². The number of aliphatic hydroxyl groups excluding tert-OH is 2. The minimum Gasteiger partial charge on any atom is -0.482 e. The van der Waals surface area contributed by atoms with E-state index in [9.17, 15) is 10.2 Å². The molecule has 0 aromatic heterocycles. The summed E-state index contributed by atoms with van der Waals surface area (Å²) in [6.45, 7) is 1.91. The van der Waals surface area contributed by atoms with Gasteiger partial charge in [-0.15, -0.1) is 0 Å². The molecule has 4 aliphatic heterocycles. The van der Waals surface area contributed by atoms with Gasteiger partial charge in [0.05, 0.1) is 0 Å². The maximum atomic E-state index is 11.0. The Kier molecular flexibility index (Phi) is 4.90. The number of benzene rings is 2. The van der Waals surface area contributed by atoms with Crippen molar-refractivity contribution in [3.05, 3.63) is 70.8 Å². The first-order chi connectivity index (χ1) is 20.9. The van der Waals surface area contributed by atoms with Gasteiger partial charge in [0.1, 0.15) is 24.4 Å². The molecule has 2 N–H and O–H groups in total. The molecular weight excluding hydrogens is 548 g/mol. The van der Waals surface area contributed by atoms with E-state index in [0.29, 0.717) is 35.1 Å². The number of nitrogens with zero attached hydrogens (tertiary/aromatic N) is 2. The molecule has 2 aromatic rings. The Morgan fingerprint density at radius 1 is 0.698 bits per heavy atom. The van der Waals surface area contributed by atoms with Crippen molar-refractivity contribution in [2.24, 2.45) is 11.8 Å². The van der Waals surface area contributed by atoms with Crippen LogP contribution in [0.1, 0.15) is 35.1 Å². The minimum absolute atomic E-state index is 0.272. The molecule has 2 fully saturated rings. The van der Waals surface area contributed by atoms with Crippen molar-refractivity contribution in [1.82, 2.24) is 9.80 Å². The quantitative estimate of drug-likeness (QED) is 0.320. The van der Waals surface area contributed by atoms with E-state index in [2.05, 4.69) is 48.2 Å². The molecule has 0 unspecified atom stereocenters. The fourth-order valence-corrected chi connectivity index (χ4v) is 10.7. The van der Waals surface area contributed by atoms with Crippen molar-refractivity contribution in [1.29, 1.82) is 0 Å². The number of likely N-dealkylation sites (tertiary alicyclic amines) is 2. The third-order valence-electron chi connectivity index (χ3n) is 12.5. The number of ether oxygens (including phenoxy) is 2. The first-order valence-electron chi connectivity index (χ1n) is 15.7. The molecule has 4 heterocycles. The number of rotatable bonds is 4. The van der Waals surface area contributed by atoms with Crippen LogP contribution in [0.15, 0.2) is 48.6 Å². The van der Waals surface area contributed by atoms with Crippen LogP contribution in [0.25, 0.3) is 0 Å². The van der Waals surface area contributed by atoms with E-state index in [4.69, 9.17) is 24.3 Å². The molecule has 9 heteroatoms. The van der Waals surface area contributed by atoms with Crippen molar-refractivity contribution in [2.75, 3.05) is 27.2 Å². The van der Waals surface area contributed by atoms with E-state index >= 15 is 0 Å². The summed E-state index contributed by atoms with van der Waals surface area (Å²) in [6, 6.07) is 8.72. The van der Waals surface area contributed by atoms with Gasteiger partial charge in [-0.05, 0) is 76.1 Å². The van der Waals surface area contributed by atoms with E-state index in [1.807, 2.05) is 24.3 Å². The first kappa shape index (κ1) is 25.3. The van der Waals surface area contributed by atoms with Gasteiger partial charge in [0.25, 0.3) is 0 Å². The summed E-state index contributed by atoms with van der Waals surface area (Å²) >= 11 is 0. The van der Waals surface area contributed by atoms with Crippen molar-refractivity contribution in [3.63, 3.8) is 0 Å². The standard InChI is InChI=1S/C34H36N2O7/c1-35-13-11-33-19-5-7-23(37)31(33)39-29-25(9-3-17(27(29)33)15-21(19)35)41-43-42-26-10-4-18-16-22-20-6-8-24(38)32-34(20,12-14-36(22)2)28(18)30(26)40-32/h3-10,19-24,31-32,37-38H,11-16H2,1-2H3/t19-,20-,21+,22+,23-,24-,31-,32-,33-,34-/m0/s1.